The molecule has 3 nitrogen and oxygen atoms in total. The van der Waals surface area contributed by atoms with Gasteiger partial charge in [0.15, 0.2) is 5.88 Å². The first kappa shape index (κ1) is 7.92. The van der Waals surface area contributed by atoms with Crippen LogP contribution in [0.25, 0.3) is 0 Å². The van der Waals surface area contributed by atoms with E-state index in [2.05, 4.69) is 23.8 Å². The Kier molecular flexibility index (Phi) is 1.76. The Labute approximate surface area is 73.4 Å². The molecular formula is C9H16N2O. The van der Waals surface area contributed by atoms with E-state index in [-0.39, 0.29) is 5.60 Å². The van der Waals surface area contributed by atoms with Gasteiger partial charge in [-0.15, -0.1) is 0 Å². The average Bonchev–Trinajstić information content (AvgIpc) is 2.40. The van der Waals surface area contributed by atoms with Crippen molar-refractivity contribution in [2.75, 3.05) is 26.7 Å². The topological polar surface area (TPSA) is 24.5 Å². The monoisotopic (exact) mass is 168 g/mol. The highest BCUT2D eigenvalue weighted by molar-refractivity contribution is 5.01. The molecule has 0 saturated carbocycles. The number of likely N-dealkylation sites (tertiary alicyclic amines) is 1. The maximum absolute atomic E-state index is 5.71. The SMILES string of the molecule is C=C1NCC2(CCN(C)CC2)O1. The Hall–Kier alpha value is -0.700. The van der Waals surface area contributed by atoms with E-state index in [0.717, 1.165) is 38.4 Å². The van der Waals surface area contributed by atoms with Crippen LogP contribution in [0.15, 0.2) is 12.5 Å². The van der Waals surface area contributed by atoms with Crippen molar-refractivity contribution < 1.29 is 4.74 Å². The zero-order valence-electron chi connectivity index (χ0n) is 7.60. The van der Waals surface area contributed by atoms with Crippen molar-refractivity contribution in [3.8, 4) is 0 Å². The van der Waals surface area contributed by atoms with Crippen LogP contribution in [-0.4, -0.2) is 37.2 Å². The number of piperidine rings is 1. The highest BCUT2D eigenvalue weighted by Gasteiger charge is 2.39. The molecule has 0 aromatic carbocycles. The zero-order valence-corrected chi connectivity index (χ0v) is 7.60. The van der Waals surface area contributed by atoms with Crippen LogP contribution in [0, 0.1) is 0 Å². The summed E-state index contributed by atoms with van der Waals surface area (Å²) in [7, 11) is 2.16. The van der Waals surface area contributed by atoms with Gasteiger partial charge in [-0.05, 0) is 13.6 Å². The maximum atomic E-state index is 5.71. The van der Waals surface area contributed by atoms with E-state index in [9.17, 15) is 0 Å². The molecule has 0 aliphatic carbocycles. The lowest BCUT2D eigenvalue weighted by Crippen LogP contribution is -2.45. The molecule has 0 bridgehead atoms. The lowest BCUT2D eigenvalue weighted by atomic mass is 9.92. The normalized spacial score (nSPS) is 28.6. The quantitative estimate of drug-likeness (QED) is 0.571. The summed E-state index contributed by atoms with van der Waals surface area (Å²) in [4.78, 5) is 2.34. The lowest BCUT2D eigenvalue weighted by molar-refractivity contribution is -0.00347. The fourth-order valence-electron chi connectivity index (χ4n) is 1.90. The minimum Gasteiger partial charge on any atom is -0.471 e. The third-order valence-electron chi connectivity index (χ3n) is 2.85. The van der Waals surface area contributed by atoms with Crippen LogP contribution in [0.5, 0.6) is 0 Å². The van der Waals surface area contributed by atoms with Crippen molar-refractivity contribution in [2.45, 2.75) is 18.4 Å². The molecule has 1 spiro atoms. The Morgan fingerprint density at radius 3 is 2.67 bits per heavy atom. The van der Waals surface area contributed by atoms with Crippen LogP contribution in [0.1, 0.15) is 12.8 Å². The second kappa shape index (κ2) is 2.66. The van der Waals surface area contributed by atoms with Gasteiger partial charge in [0.25, 0.3) is 0 Å². The van der Waals surface area contributed by atoms with Crippen molar-refractivity contribution in [1.29, 1.82) is 0 Å². The number of hydrogen-bond donors (Lipinski definition) is 1. The third-order valence-corrected chi connectivity index (χ3v) is 2.85. The van der Waals surface area contributed by atoms with E-state index in [4.69, 9.17) is 4.74 Å². The summed E-state index contributed by atoms with van der Waals surface area (Å²) in [6.07, 6.45) is 2.24. The van der Waals surface area contributed by atoms with Crippen molar-refractivity contribution in [1.82, 2.24) is 10.2 Å². The van der Waals surface area contributed by atoms with Gasteiger partial charge >= 0.3 is 0 Å². The molecule has 68 valence electrons. The molecule has 0 aromatic rings. The molecule has 0 aromatic heterocycles. The average molecular weight is 168 g/mol. The fraction of sp³-hybridized carbons (Fsp3) is 0.778. The summed E-state index contributed by atoms with van der Waals surface area (Å²) in [5.74, 6) is 0.750. The van der Waals surface area contributed by atoms with Gasteiger partial charge in [-0.1, -0.05) is 0 Å². The number of rotatable bonds is 0. The molecule has 2 saturated heterocycles. The summed E-state index contributed by atoms with van der Waals surface area (Å²) in [5.41, 5.74) is 0.0730. The molecule has 0 amide bonds. The van der Waals surface area contributed by atoms with E-state index in [0.29, 0.717) is 0 Å². The van der Waals surface area contributed by atoms with Gasteiger partial charge in [0, 0.05) is 25.9 Å². The van der Waals surface area contributed by atoms with E-state index in [1.165, 1.54) is 0 Å². The van der Waals surface area contributed by atoms with Crippen LogP contribution in [-0.2, 0) is 4.74 Å². The minimum absolute atomic E-state index is 0.0730. The molecule has 2 rings (SSSR count). The van der Waals surface area contributed by atoms with E-state index in [1.807, 2.05) is 0 Å². The largest absolute Gasteiger partial charge is 0.471 e. The molecule has 2 aliphatic heterocycles. The maximum Gasteiger partial charge on any atom is 0.180 e. The number of nitrogens with one attached hydrogen (secondary N) is 1. The molecule has 0 radical (unpaired) electrons. The van der Waals surface area contributed by atoms with E-state index >= 15 is 0 Å². The van der Waals surface area contributed by atoms with Crippen molar-refractivity contribution in [2.24, 2.45) is 0 Å². The summed E-state index contributed by atoms with van der Waals surface area (Å²) in [6.45, 7) is 6.99. The van der Waals surface area contributed by atoms with Gasteiger partial charge in [-0.25, -0.2) is 0 Å². The molecule has 2 aliphatic rings. The third kappa shape index (κ3) is 1.29. The van der Waals surface area contributed by atoms with Crippen LogP contribution in [0.2, 0.25) is 0 Å². The Balaban J connectivity index is 1.99. The molecule has 1 N–H and O–H groups in total. The lowest BCUT2D eigenvalue weighted by Gasteiger charge is -2.35. The summed E-state index contributed by atoms with van der Waals surface area (Å²) >= 11 is 0. The fourth-order valence-corrected chi connectivity index (χ4v) is 1.90. The van der Waals surface area contributed by atoms with E-state index in [1.54, 1.807) is 0 Å². The summed E-state index contributed by atoms with van der Waals surface area (Å²) in [5, 5.41) is 3.16. The van der Waals surface area contributed by atoms with Gasteiger partial charge in [0.1, 0.15) is 5.60 Å². The smallest absolute Gasteiger partial charge is 0.180 e. The predicted octanol–water partition coefficient (Wildman–Crippen LogP) is 0.542. The molecule has 2 fully saturated rings. The van der Waals surface area contributed by atoms with Gasteiger partial charge < -0.3 is 15.0 Å². The second-order valence-electron chi connectivity index (χ2n) is 3.87. The predicted molar refractivity (Wildman–Crippen MR) is 47.7 cm³/mol. The molecule has 12 heavy (non-hydrogen) atoms. The van der Waals surface area contributed by atoms with Gasteiger partial charge in [0.2, 0.25) is 0 Å². The van der Waals surface area contributed by atoms with Crippen LogP contribution in [0.3, 0.4) is 0 Å². The first-order valence-corrected chi connectivity index (χ1v) is 4.51. The van der Waals surface area contributed by atoms with Crippen molar-refractivity contribution in [3.63, 3.8) is 0 Å². The molecule has 0 unspecified atom stereocenters. The second-order valence-corrected chi connectivity index (χ2v) is 3.87. The molecule has 3 heteroatoms. The van der Waals surface area contributed by atoms with Crippen molar-refractivity contribution in [3.05, 3.63) is 12.5 Å². The Morgan fingerprint density at radius 2 is 2.17 bits per heavy atom. The number of ether oxygens (including phenoxy) is 1. The van der Waals surface area contributed by atoms with Crippen molar-refractivity contribution >= 4 is 0 Å². The van der Waals surface area contributed by atoms with Gasteiger partial charge in [0.05, 0.1) is 6.54 Å². The van der Waals surface area contributed by atoms with Crippen LogP contribution in [0.4, 0.5) is 0 Å². The summed E-state index contributed by atoms with van der Waals surface area (Å²) < 4.78 is 5.71. The summed E-state index contributed by atoms with van der Waals surface area (Å²) in [6, 6.07) is 0. The number of nitrogens with zero attached hydrogens (tertiary/aromatic N) is 1. The van der Waals surface area contributed by atoms with Gasteiger partial charge in [-0.2, -0.15) is 0 Å². The highest BCUT2D eigenvalue weighted by atomic mass is 16.5. The highest BCUT2D eigenvalue weighted by Crippen LogP contribution is 2.30. The first-order valence-electron chi connectivity index (χ1n) is 4.51. The van der Waals surface area contributed by atoms with Crippen LogP contribution >= 0.6 is 0 Å². The standard InChI is InChI=1S/C9H16N2O/c1-8-10-7-9(12-8)3-5-11(2)6-4-9/h10H,1,3-7H2,2H3. The Morgan fingerprint density at radius 1 is 1.50 bits per heavy atom. The Bertz CT molecular complexity index is 195. The first-order chi connectivity index (χ1) is 5.70. The number of hydrogen-bond acceptors (Lipinski definition) is 3. The zero-order chi connectivity index (χ0) is 8.60. The molecule has 2 heterocycles. The van der Waals surface area contributed by atoms with E-state index < -0.39 is 0 Å². The molecular weight excluding hydrogens is 152 g/mol. The molecule has 0 atom stereocenters. The minimum atomic E-state index is 0.0730. The van der Waals surface area contributed by atoms with Crippen LogP contribution < -0.4 is 5.32 Å². The van der Waals surface area contributed by atoms with Gasteiger partial charge in [-0.3, -0.25) is 0 Å².